The Bertz CT molecular complexity index is 674. The van der Waals surface area contributed by atoms with Crippen molar-refractivity contribution >= 4 is 28.9 Å². The molecular weight excluding hydrogens is 316 g/mol. The molecule has 2 N–H and O–H groups in total. The van der Waals surface area contributed by atoms with E-state index in [1.807, 2.05) is 6.07 Å². The second-order valence-electron chi connectivity index (χ2n) is 4.93. The Hall–Kier alpha value is -2.40. The van der Waals surface area contributed by atoms with Gasteiger partial charge in [0.05, 0.1) is 19.9 Å². The van der Waals surface area contributed by atoms with Crippen molar-refractivity contribution in [1.82, 2.24) is 0 Å². The molecule has 0 heterocycles. The summed E-state index contributed by atoms with van der Waals surface area (Å²) in [7, 11) is 3.16. The fraction of sp³-hybridized carbons (Fsp3) is 0.235. The maximum absolute atomic E-state index is 12.3. The highest BCUT2D eigenvalue weighted by atomic mass is 35.5. The maximum Gasteiger partial charge on any atom is 0.246 e. The van der Waals surface area contributed by atoms with Gasteiger partial charge in [-0.25, -0.2) is 0 Å². The van der Waals surface area contributed by atoms with E-state index in [2.05, 4.69) is 10.6 Å². The molecule has 23 heavy (non-hydrogen) atoms. The first-order valence-corrected chi connectivity index (χ1v) is 7.46. The van der Waals surface area contributed by atoms with E-state index in [0.717, 1.165) is 0 Å². The third kappa shape index (κ3) is 4.53. The van der Waals surface area contributed by atoms with E-state index < -0.39 is 6.04 Å². The summed E-state index contributed by atoms with van der Waals surface area (Å²) in [5.74, 6) is 1.13. The smallest absolute Gasteiger partial charge is 0.246 e. The molecule has 2 aromatic rings. The van der Waals surface area contributed by atoms with Crippen molar-refractivity contribution in [2.75, 3.05) is 24.9 Å². The monoisotopic (exact) mass is 334 g/mol. The number of carbonyl (C=O) groups excluding carboxylic acids is 1. The average molecular weight is 335 g/mol. The molecule has 0 fully saturated rings. The molecule has 1 atom stereocenters. The van der Waals surface area contributed by atoms with Gasteiger partial charge in [0.2, 0.25) is 5.91 Å². The van der Waals surface area contributed by atoms with Crippen molar-refractivity contribution in [2.24, 2.45) is 0 Å². The number of rotatable bonds is 6. The number of benzene rings is 2. The second-order valence-corrected chi connectivity index (χ2v) is 5.36. The normalized spacial score (nSPS) is 11.5. The molecule has 0 aliphatic rings. The molecule has 6 heteroatoms. The molecule has 0 saturated heterocycles. The third-order valence-electron chi connectivity index (χ3n) is 3.29. The van der Waals surface area contributed by atoms with Crippen LogP contribution in [-0.2, 0) is 4.79 Å². The van der Waals surface area contributed by atoms with Crippen molar-refractivity contribution < 1.29 is 14.3 Å². The number of halogens is 1. The molecule has 0 aliphatic carbocycles. The van der Waals surface area contributed by atoms with Crippen LogP contribution >= 0.6 is 11.6 Å². The Morgan fingerprint density at radius 3 is 2.39 bits per heavy atom. The Morgan fingerprint density at radius 2 is 1.78 bits per heavy atom. The molecule has 0 radical (unpaired) electrons. The van der Waals surface area contributed by atoms with Crippen LogP contribution in [0.1, 0.15) is 6.92 Å². The lowest BCUT2D eigenvalue weighted by Gasteiger charge is -2.18. The first-order valence-electron chi connectivity index (χ1n) is 7.08. The zero-order valence-electron chi connectivity index (χ0n) is 13.2. The van der Waals surface area contributed by atoms with Crippen LogP contribution in [0.5, 0.6) is 11.5 Å². The summed E-state index contributed by atoms with van der Waals surface area (Å²) in [6, 6.07) is 11.9. The molecule has 0 saturated carbocycles. The van der Waals surface area contributed by atoms with Crippen molar-refractivity contribution in [3.8, 4) is 11.5 Å². The van der Waals surface area contributed by atoms with Gasteiger partial charge in [0.1, 0.15) is 17.5 Å². The first-order chi connectivity index (χ1) is 11.0. The van der Waals surface area contributed by atoms with Gasteiger partial charge in [-0.3, -0.25) is 4.79 Å². The largest absolute Gasteiger partial charge is 0.497 e. The van der Waals surface area contributed by atoms with Gasteiger partial charge in [0, 0.05) is 16.8 Å². The van der Waals surface area contributed by atoms with Gasteiger partial charge in [-0.1, -0.05) is 11.6 Å². The number of methoxy groups -OCH3 is 2. The fourth-order valence-electron chi connectivity index (χ4n) is 2.00. The zero-order chi connectivity index (χ0) is 16.8. The molecule has 0 unspecified atom stereocenters. The van der Waals surface area contributed by atoms with Crippen molar-refractivity contribution in [3.63, 3.8) is 0 Å². The molecule has 0 aliphatic heterocycles. The zero-order valence-corrected chi connectivity index (χ0v) is 14.0. The van der Waals surface area contributed by atoms with Crippen LogP contribution < -0.4 is 20.1 Å². The summed E-state index contributed by atoms with van der Waals surface area (Å²) < 4.78 is 10.5. The lowest BCUT2D eigenvalue weighted by Crippen LogP contribution is -2.32. The predicted molar refractivity (Wildman–Crippen MR) is 92.7 cm³/mol. The van der Waals surface area contributed by atoms with Crippen molar-refractivity contribution in [3.05, 3.63) is 47.5 Å². The summed E-state index contributed by atoms with van der Waals surface area (Å²) in [5.41, 5.74) is 1.40. The van der Waals surface area contributed by atoms with E-state index in [0.29, 0.717) is 27.9 Å². The Kier molecular flexibility index (Phi) is 5.71. The summed E-state index contributed by atoms with van der Waals surface area (Å²) in [6.07, 6.45) is 0. The third-order valence-corrected chi connectivity index (χ3v) is 3.54. The van der Waals surface area contributed by atoms with Gasteiger partial charge in [-0.05, 0) is 43.3 Å². The molecule has 0 bridgehead atoms. The SMILES string of the molecule is COc1ccc(N[C@@H](C)C(=O)Nc2ccc(Cl)cc2)c(OC)c1. The minimum absolute atomic E-state index is 0.162. The quantitative estimate of drug-likeness (QED) is 0.843. The van der Waals surface area contributed by atoms with Gasteiger partial charge >= 0.3 is 0 Å². The first kappa shape index (κ1) is 17.0. The van der Waals surface area contributed by atoms with Crippen LogP contribution in [0.3, 0.4) is 0 Å². The van der Waals surface area contributed by atoms with E-state index in [9.17, 15) is 4.79 Å². The number of hydrogen-bond donors (Lipinski definition) is 2. The van der Waals surface area contributed by atoms with Crippen molar-refractivity contribution in [2.45, 2.75) is 13.0 Å². The predicted octanol–water partition coefficient (Wildman–Crippen LogP) is 3.80. The standard InChI is InChI=1S/C17H19ClN2O3/c1-11(17(21)20-13-6-4-12(18)5-7-13)19-15-9-8-14(22-2)10-16(15)23-3/h4-11,19H,1-3H3,(H,20,21)/t11-/m0/s1. The summed E-state index contributed by atoms with van der Waals surface area (Å²) in [4.78, 5) is 12.3. The van der Waals surface area contributed by atoms with E-state index in [-0.39, 0.29) is 5.91 Å². The van der Waals surface area contributed by atoms with Gasteiger partial charge < -0.3 is 20.1 Å². The minimum atomic E-state index is -0.451. The van der Waals surface area contributed by atoms with Gasteiger partial charge in [0.15, 0.2) is 0 Å². The van der Waals surface area contributed by atoms with Crippen LogP contribution in [0.25, 0.3) is 0 Å². The summed E-state index contributed by atoms with van der Waals surface area (Å²) in [5, 5.41) is 6.57. The number of hydrogen-bond acceptors (Lipinski definition) is 4. The molecule has 0 spiro atoms. The average Bonchev–Trinajstić information content (AvgIpc) is 2.57. The van der Waals surface area contributed by atoms with Crippen LogP contribution in [0.2, 0.25) is 5.02 Å². The molecule has 5 nitrogen and oxygen atoms in total. The second kappa shape index (κ2) is 7.74. The van der Waals surface area contributed by atoms with Crippen LogP contribution in [0.4, 0.5) is 11.4 Å². The lowest BCUT2D eigenvalue weighted by molar-refractivity contribution is -0.116. The highest BCUT2D eigenvalue weighted by Gasteiger charge is 2.15. The summed E-state index contributed by atoms with van der Waals surface area (Å²) in [6.45, 7) is 1.77. The Balaban J connectivity index is 2.04. The Morgan fingerprint density at radius 1 is 1.09 bits per heavy atom. The van der Waals surface area contributed by atoms with Gasteiger partial charge in [0.25, 0.3) is 0 Å². The van der Waals surface area contributed by atoms with Crippen molar-refractivity contribution in [1.29, 1.82) is 0 Å². The lowest BCUT2D eigenvalue weighted by atomic mass is 10.2. The van der Waals surface area contributed by atoms with Crippen LogP contribution in [0.15, 0.2) is 42.5 Å². The van der Waals surface area contributed by atoms with Crippen LogP contribution in [-0.4, -0.2) is 26.2 Å². The molecule has 1 amide bonds. The van der Waals surface area contributed by atoms with Gasteiger partial charge in [-0.15, -0.1) is 0 Å². The topological polar surface area (TPSA) is 59.6 Å². The fourth-order valence-corrected chi connectivity index (χ4v) is 2.13. The number of amides is 1. The summed E-state index contributed by atoms with van der Waals surface area (Å²) >= 11 is 5.83. The number of ether oxygens (including phenoxy) is 2. The van der Waals surface area contributed by atoms with Crippen LogP contribution in [0, 0.1) is 0 Å². The number of anilines is 2. The van der Waals surface area contributed by atoms with E-state index in [4.69, 9.17) is 21.1 Å². The highest BCUT2D eigenvalue weighted by molar-refractivity contribution is 6.30. The molecular formula is C17H19ClN2O3. The van der Waals surface area contributed by atoms with E-state index in [1.54, 1.807) is 57.5 Å². The molecule has 122 valence electrons. The highest BCUT2D eigenvalue weighted by Crippen LogP contribution is 2.29. The molecule has 0 aromatic heterocycles. The van der Waals surface area contributed by atoms with Gasteiger partial charge in [-0.2, -0.15) is 0 Å². The molecule has 2 aromatic carbocycles. The number of carbonyl (C=O) groups is 1. The number of nitrogens with one attached hydrogen (secondary N) is 2. The Labute approximate surface area is 140 Å². The minimum Gasteiger partial charge on any atom is -0.497 e. The maximum atomic E-state index is 12.3. The van der Waals surface area contributed by atoms with E-state index in [1.165, 1.54) is 0 Å². The molecule has 2 rings (SSSR count). The van der Waals surface area contributed by atoms with E-state index >= 15 is 0 Å².